The molecule has 35 heavy (non-hydrogen) atoms. The van der Waals surface area contributed by atoms with Crippen LogP contribution in [0.2, 0.25) is 0 Å². The molecule has 1 fully saturated rings. The van der Waals surface area contributed by atoms with Crippen molar-refractivity contribution in [3.63, 3.8) is 0 Å². The monoisotopic (exact) mass is 518 g/mol. The van der Waals surface area contributed by atoms with Gasteiger partial charge in [-0.15, -0.1) is 0 Å². The summed E-state index contributed by atoms with van der Waals surface area (Å²) in [6, 6.07) is 9.30. The molecule has 1 aromatic rings. The van der Waals surface area contributed by atoms with Gasteiger partial charge in [0.15, 0.2) is 0 Å². The molecular formula is C22H32F6N2O5. The molecule has 0 radical (unpaired) electrons. The number of rotatable bonds is 5. The quantitative estimate of drug-likeness (QED) is 0.569. The van der Waals surface area contributed by atoms with Crippen molar-refractivity contribution in [1.29, 1.82) is 0 Å². The first kappa shape index (κ1) is 32.6. The third kappa shape index (κ3) is 13.9. The predicted molar refractivity (Wildman–Crippen MR) is 116 cm³/mol. The van der Waals surface area contributed by atoms with Crippen LogP contribution in [0, 0.1) is 12.8 Å². The van der Waals surface area contributed by atoms with Crippen LogP contribution in [-0.4, -0.2) is 90.7 Å². The highest BCUT2D eigenvalue weighted by Gasteiger charge is 2.38. The highest BCUT2D eigenvalue weighted by atomic mass is 19.4. The van der Waals surface area contributed by atoms with E-state index in [4.69, 9.17) is 24.5 Å². The topological polar surface area (TPSA) is 90.3 Å². The number of carboxylic acids is 2. The second-order valence-corrected chi connectivity index (χ2v) is 8.17. The lowest BCUT2D eigenvalue weighted by Gasteiger charge is -2.32. The number of carbonyl (C=O) groups is 2. The lowest BCUT2D eigenvalue weighted by Crippen LogP contribution is -2.39. The summed E-state index contributed by atoms with van der Waals surface area (Å²) in [5, 5.41) is 14.2. The van der Waals surface area contributed by atoms with E-state index in [0.29, 0.717) is 12.0 Å². The molecule has 202 valence electrons. The first-order valence-electron chi connectivity index (χ1n) is 10.6. The third-order valence-electron chi connectivity index (χ3n) is 5.18. The fourth-order valence-corrected chi connectivity index (χ4v) is 3.04. The van der Waals surface area contributed by atoms with Gasteiger partial charge >= 0.3 is 24.3 Å². The fraction of sp³-hybridized carbons (Fsp3) is 0.636. The van der Waals surface area contributed by atoms with Crippen molar-refractivity contribution in [3.05, 3.63) is 35.4 Å². The Bertz CT molecular complexity index is 762. The Morgan fingerprint density at radius 2 is 1.54 bits per heavy atom. The minimum Gasteiger partial charge on any atom is -0.475 e. The first-order chi connectivity index (χ1) is 16.0. The van der Waals surface area contributed by atoms with Crippen LogP contribution in [0.4, 0.5) is 26.3 Å². The van der Waals surface area contributed by atoms with Crippen LogP contribution in [0.5, 0.6) is 0 Å². The molecule has 1 saturated heterocycles. The van der Waals surface area contributed by atoms with Gasteiger partial charge in [0.2, 0.25) is 0 Å². The van der Waals surface area contributed by atoms with Gasteiger partial charge in [0, 0.05) is 19.1 Å². The Morgan fingerprint density at radius 1 is 1.06 bits per heavy atom. The van der Waals surface area contributed by atoms with Crippen LogP contribution in [-0.2, 0) is 20.9 Å². The number of nitrogens with zero attached hydrogens (tertiary/aromatic N) is 2. The first-order valence-corrected chi connectivity index (χ1v) is 10.6. The van der Waals surface area contributed by atoms with Crippen LogP contribution in [0.15, 0.2) is 24.3 Å². The number of halogens is 6. The second kappa shape index (κ2) is 14.9. The number of aliphatic carboxylic acids is 2. The average Bonchev–Trinajstić information content (AvgIpc) is 2.89. The minimum absolute atomic E-state index is 0.576. The number of hydrogen-bond acceptors (Lipinski definition) is 5. The van der Waals surface area contributed by atoms with Gasteiger partial charge in [0.05, 0.1) is 13.2 Å². The highest BCUT2D eigenvalue weighted by molar-refractivity contribution is 5.73. The Morgan fingerprint density at radius 3 is 1.97 bits per heavy atom. The van der Waals surface area contributed by atoms with Crippen molar-refractivity contribution < 1.29 is 50.9 Å². The molecule has 0 saturated carbocycles. The molecule has 2 atom stereocenters. The van der Waals surface area contributed by atoms with Gasteiger partial charge in [0.25, 0.3) is 0 Å². The van der Waals surface area contributed by atoms with E-state index in [9.17, 15) is 26.3 Å². The largest absolute Gasteiger partial charge is 0.490 e. The summed E-state index contributed by atoms with van der Waals surface area (Å²) in [5.41, 5.74) is 2.83. The maximum atomic E-state index is 10.6. The summed E-state index contributed by atoms with van der Waals surface area (Å²) in [6.07, 6.45) is -8.96. The zero-order valence-corrected chi connectivity index (χ0v) is 20.0. The summed E-state index contributed by atoms with van der Waals surface area (Å²) in [4.78, 5) is 22.7. The molecule has 0 unspecified atom stereocenters. The summed E-state index contributed by atoms with van der Waals surface area (Å²) in [7, 11) is 4.29. The fourth-order valence-electron chi connectivity index (χ4n) is 3.04. The summed E-state index contributed by atoms with van der Waals surface area (Å²) in [6.45, 7) is 9.54. The Kier molecular flexibility index (Phi) is 13.9. The minimum atomic E-state index is -5.08. The maximum Gasteiger partial charge on any atom is 0.490 e. The van der Waals surface area contributed by atoms with Gasteiger partial charge in [-0.05, 0) is 58.0 Å². The smallest absolute Gasteiger partial charge is 0.475 e. The second-order valence-electron chi connectivity index (χ2n) is 8.17. The van der Waals surface area contributed by atoms with Crippen LogP contribution >= 0.6 is 0 Å². The SMILES string of the molecule is Cc1ccccc1CN1CCOC[C@@H](CCN(C)C)[C@@H]1C.O=C(O)C(F)(F)F.O=C(O)C(F)(F)F. The molecular weight excluding hydrogens is 486 g/mol. The van der Waals surface area contributed by atoms with Crippen molar-refractivity contribution in [3.8, 4) is 0 Å². The van der Waals surface area contributed by atoms with Crippen LogP contribution in [0.3, 0.4) is 0 Å². The summed E-state index contributed by atoms with van der Waals surface area (Å²) < 4.78 is 69.3. The van der Waals surface area contributed by atoms with Crippen LogP contribution in [0.1, 0.15) is 24.5 Å². The van der Waals surface area contributed by atoms with Gasteiger partial charge in [-0.2, -0.15) is 26.3 Å². The molecule has 1 aromatic carbocycles. The summed E-state index contributed by atoms with van der Waals surface area (Å²) in [5.74, 6) is -4.89. The summed E-state index contributed by atoms with van der Waals surface area (Å²) >= 11 is 0. The molecule has 7 nitrogen and oxygen atoms in total. The molecule has 0 spiro atoms. The van der Waals surface area contributed by atoms with Gasteiger partial charge in [-0.25, -0.2) is 9.59 Å². The zero-order valence-electron chi connectivity index (χ0n) is 20.0. The van der Waals surface area contributed by atoms with E-state index in [1.165, 1.54) is 17.5 Å². The van der Waals surface area contributed by atoms with Crippen LogP contribution < -0.4 is 0 Å². The zero-order chi connectivity index (χ0) is 27.4. The molecule has 0 aromatic heterocycles. The maximum absolute atomic E-state index is 10.6. The van der Waals surface area contributed by atoms with Crippen molar-refractivity contribution in [1.82, 2.24) is 9.80 Å². The van der Waals surface area contributed by atoms with Gasteiger partial charge in [-0.3, -0.25) is 4.90 Å². The number of aryl methyl sites for hydroxylation is 1. The number of hydrogen-bond donors (Lipinski definition) is 2. The molecule has 2 N–H and O–H groups in total. The van der Waals surface area contributed by atoms with E-state index in [2.05, 4.69) is 62.0 Å². The normalized spacial score (nSPS) is 19.1. The molecule has 2 rings (SSSR count). The molecule has 1 aliphatic heterocycles. The number of ether oxygens (including phenoxy) is 1. The van der Waals surface area contributed by atoms with Gasteiger partial charge in [0.1, 0.15) is 0 Å². The van der Waals surface area contributed by atoms with E-state index in [-0.39, 0.29) is 0 Å². The van der Waals surface area contributed by atoms with E-state index in [1.54, 1.807) is 0 Å². The van der Waals surface area contributed by atoms with Crippen molar-refractivity contribution in [2.24, 2.45) is 5.92 Å². The van der Waals surface area contributed by atoms with E-state index in [1.807, 2.05) is 0 Å². The van der Waals surface area contributed by atoms with Crippen LogP contribution in [0.25, 0.3) is 0 Å². The van der Waals surface area contributed by atoms with E-state index in [0.717, 1.165) is 32.8 Å². The predicted octanol–water partition coefficient (Wildman–Crippen LogP) is 4.05. The lowest BCUT2D eigenvalue weighted by molar-refractivity contribution is -0.193. The van der Waals surface area contributed by atoms with E-state index >= 15 is 0 Å². The number of carboxylic acid groups (broad SMARTS) is 2. The van der Waals surface area contributed by atoms with Gasteiger partial charge < -0.3 is 19.8 Å². The third-order valence-corrected chi connectivity index (χ3v) is 5.18. The number of benzene rings is 1. The van der Waals surface area contributed by atoms with Crippen molar-refractivity contribution in [2.45, 2.75) is 45.2 Å². The average molecular weight is 518 g/mol. The molecule has 1 aliphatic rings. The Labute approximate surface area is 200 Å². The molecule has 1 heterocycles. The van der Waals surface area contributed by atoms with E-state index < -0.39 is 24.3 Å². The Balaban J connectivity index is 0.000000680. The van der Waals surface area contributed by atoms with Crippen molar-refractivity contribution >= 4 is 11.9 Å². The lowest BCUT2D eigenvalue weighted by atomic mass is 9.96. The molecule has 0 aliphatic carbocycles. The molecule has 0 bridgehead atoms. The molecule has 13 heteroatoms. The number of alkyl halides is 6. The van der Waals surface area contributed by atoms with Crippen molar-refractivity contribution in [2.75, 3.05) is 40.4 Å². The standard InChI is InChI=1S/C18H30N2O.2C2HF3O2/c1-15-7-5-6-8-17(15)13-20-11-12-21-14-18(16(20)2)9-10-19(3)4;2*3-2(4,5)1(6)7/h5-8,16,18H,9-14H2,1-4H3;2*(H,6,7)/t16-,18+;;/m0../s1. The van der Waals surface area contributed by atoms with Gasteiger partial charge in [-0.1, -0.05) is 24.3 Å². The molecule has 0 amide bonds. The highest BCUT2D eigenvalue weighted by Crippen LogP contribution is 2.22. The Hall–Kier alpha value is -2.38.